The average Bonchev–Trinajstić information content (AvgIpc) is 2.75. The Labute approximate surface area is 172 Å². The van der Waals surface area contributed by atoms with Crippen molar-refractivity contribution >= 4 is 17.0 Å². The molecule has 0 radical (unpaired) electrons. The Morgan fingerprint density at radius 3 is 2.76 bits per heavy atom. The number of likely N-dealkylation sites (tertiary alicyclic amines) is 1. The molecule has 1 aromatic heterocycles. The number of fused-ring (bicyclic) bond motifs is 1. The van der Waals surface area contributed by atoms with Crippen LogP contribution in [-0.4, -0.2) is 36.1 Å². The van der Waals surface area contributed by atoms with Crippen LogP contribution < -0.4 is 4.74 Å². The molecule has 0 amide bonds. The van der Waals surface area contributed by atoms with E-state index in [-0.39, 0.29) is 0 Å². The molecule has 0 atom stereocenters. The van der Waals surface area contributed by atoms with E-state index < -0.39 is 0 Å². The third kappa shape index (κ3) is 4.82. The van der Waals surface area contributed by atoms with E-state index in [9.17, 15) is 0 Å². The molecule has 0 saturated carbocycles. The van der Waals surface area contributed by atoms with Crippen molar-refractivity contribution in [1.29, 1.82) is 5.26 Å². The summed E-state index contributed by atoms with van der Waals surface area (Å²) in [4.78, 5) is 7.03. The van der Waals surface area contributed by atoms with E-state index >= 15 is 0 Å². The number of nitriles is 1. The summed E-state index contributed by atoms with van der Waals surface area (Å²) in [6.07, 6.45) is 4.36. The van der Waals surface area contributed by atoms with Crippen LogP contribution in [0.4, 0.5) is 0 Å². The number of aryl methyl sites for hydroxylation is 1. The van der Waals surface area contributed by atoms with E-state index in [1.807, 2.05) is 49.4 Å². The minimum Gasteiger partial charge on any atom is -0.492 e. The van der Waals surface area contributed by atoms with Crippen LogP contribution in [0.1, 0.15) is 29.7 Å². The molecular weight excluding hydrogens is 358 g/mol. The van der Waals surface area contributed by atoms with Crippen molar-refractivity contribution in [3.8, 4) is 11.8 Å². The van der Waals surface area contributed by atoms with Crippen LogP contribution in [0, 0.1) is 18.3 Å². The molecule has 4 nitrogen and oxygen atoms in total. The first-order chi connectivity index (χ1) is 14.2. The Kier molecular flexibility index (Phi) is 5.88. The predicted octanol–water partition coefficient (Wildman–Crippen LogP) is 4.97. The van der Waals surface area contributed by atoms with Gasteiger partial charge >= 0.3 is 0 Å². The summed E-state index contributed by atoms with van der Waals surface area (Å²) in [6.45, 7) is 5.70. The monoisotopic (exact) mass is 383 g/mol. The lowest BCUT2D eigenvalue weighted by Crippen LogP contribution is -2.34. The average molecular weight is 383 g/mol. The minimum absolute atomic E-state index is 0.677. The normalized spacial score (nSPS) is 14.6. The van der Waals surface area contributed by atoms with Crippen molar-refractivity contribution < 1.29 is 4.74 Å². The highest BCUT2D eigenvalue weighted by Gasteiger charge is 2.14. The predicted molar refractivity (Wildman–Crippen MR) is 117 cm³/mol. The second-order valence-electron chi connectivity index (χ2n) is 7.51. The van der Waals surface area contributed by atoms with Gasteiger partial charge < -0.3 is 4.74 Å². The third-order valence-electron chi connectivity index (χ3n) is 5.38. The molecule has 0 unspecified atom stereocenters. The van der Waals surface area contributed by atoms with Crippen molar-refractivity contribution in [3.63, 3.8) is 0 Å². The first-order valence-electron chi connectivity index (χ1n) is 10.1. The molecule has 1 fully saturated rings. The van der Waals surface area contributed by atoms with Crippen molar-refractivity contribution in [3.05, 3.63) is 77.0 Å². The van der Waals surface area contributed by atoms with Crippen LogP contribution in [0.25, 0.3) is 17.0 Å². The molecule has 146 valence electrons. The van der Waals surface area contributed by atoms with Crippen LogP contribution >= 0.6 is 0 Å². The Morgan fingerprint density at radius 1 is 1.10 bits per heavy atom. The van der Waals surface area contributed by atoms with Crippen molar-refractivity contribution in [2.24, 2.45) is 0 Å². The van der Waals surface area contributed by atoms with Gasteiger partial charge in [-0.15, -0.1) is 0 Å². The number of hydrogen-bond donors (Lipinski definition) is 0. The van der Waals surface area contributed by atoms with E-state index in [4.69, 9.17) is 10.00 Å². The number of aromatic nitrogens is 1. The SMILES string of the molecule is Cc1ccc2c(OCCN3CCC(=Cc4cccc(C#N)c4)CC3)cccc2n1. The summed E-state index contributed by atoms with van der Waals surface area (Å²) in [6, 6.07) is 20.2. The van der Waals surface area contributed by atoms with Crippen LogP contribution in [0.2, 0.25) is 0 Å². The maximum atomic E-state index is 9.05. The maximum absolute atomic E-state index is 9.05. The number of nitrogens with zero attached hydrogens (tertiary/aromatic N) is 3. The smallest absolute Gasteiger partial charge is 0.128 e. The molecule has 0 aliphatic carbocycles. The lowest BCUT2D eigenvalue weighted by molar-refractivity contribution is 0.200. The molecule has 0 N–H and O–H groups in total. The zero-order chi connectivity index (χ0) is 20.1. The van der Waals surface area contributed by atoms with Gasteiger partial charge in [0, 0.05) is 30.7 Å². The highest BCUT2D eigenvalue weighted by atomic mass is 16.5. The zero-order valence-corrected chi connectivity index (χ0v) is 16.8. The van der Waals surface area contributed by atoms with Crippen LogP contribution in [0.5, 0.6) is 5.75 Å². The molecule has 0 bridgehead atoms. The van der Waals surface area contributed by atoms with Gasteiger partial charge in [0.2, 0.25) is 0 Å². The molecule has 2 aromatic carbocycles. The first-order valence-corrected chi connectivity index (χ1v) is 10.1. The van der Waals surface area contributed by atoms with Gasteiger partial charge in [-0.3, -0.25) is 9.88 Å². The zero-order valence-electron chi connectivity index (χ0n) is 16.8. The number of piperidine rings is 1. The van der Waals surface area contributed by atoms with E-state index in [0.29, 0.717) is 12.2 Å². The number of hydrogen-bond acceptors (Lipinski definition) is 4. The van der Waals surface area contributed by atoms with E-state index in [0.717, 1.165) is 60.4 Å². The fourth-order valence-electron chi connectivity index (χ4n) is 3.78. The third-order valence-corrected chi connectivity index (χ3v) is 5.38. The van der Waals surface area contributed by atoms with Gasteiger partial charge in [0.1, 0.15) is 12.4 Å². The van der Waals surface area contributed by atoms with Gasteiger partial charge in [-0.25, -0.2) is 0 Å². The Hall–Kier alpha value is -3.16. The van der Waals surface area contributed by atoms with Crippen LogP contribution in [-0.2, 0) is 0 Å². The van der Waals surface area contributed by atoms with Gasteiger partial charge in [-0.1, -0.05) is 29.8 Å². The molecule has 1 aliphatic rings. The van der Waals surface area contributed by atoms with E-state index in [1.54, 1.807) is 0 Å². The first kappa shape index (κ1) is 19.2. The van der Waals surface area contributed by atoms with Gasteiger partial charge in [-0.05, 0) is 61.7 Å². The Bertz CT molecular complexity index is 1070. The summed E-state index contributed by atoms with van der Waals surface area (Å²) in [7, 11) is 0. The van der Waals surface area contributed by atoms with Gasteiger partial charge in [-0.2, -0.15) is 5.26 Å². The van der Waals surface area contributed by atoms with E-state index in [2.05, 4.69) is 34.2 Å². The quantitative estimate of drug-likeness (QED) is 0.624. The summed E-state index contributed by atoms with van der Waals surface area (Å²) in [5.41, 5.74) is 5.29. The summed E-state index contributed by atoms with van der Waals surface area (Å²) in [5.74, 6) is 0.907. The highest BCUT2D eigenvalue weighted by molar-refractivity contribution is 5.85. The van der Waals surface area contributed by atoms with E-state index in [1.165, 1.54) is 5.57 Å². The lowest BCUT2D eigenvalue weighted by atomic mass is 10.0. The van der Waals surface area contributed by atoms with Crippen LogP contribution in [0.15, 0.2) is 60.2 Å². The largest absolute Gasteiger partial charge is 0.492 e. The number of ether oxygens (including phenoxy) is 1. The van der Waals surface area contributed by atoms with Gasteiger partial charge in [0.25, 0.3) is 0 Å². The fraction of sp³-hybridized carbons (Fsp3) is 0.280. The number of benzene rings is 2. The number of rotatable bonds is 5. The molecule has 2 heterocycles. The van der Waals surface area contributed by atoms with Crippen molar-refractivity contribution in [2.75, 3.05) is 26.2 Å². The standard InChI is InChI=1S/C25H25N3O/c1-19-8-9-23-24(27-19)6-3-7-25(23)29-15-14-28-12-10-20(11-13-28)16-21-4-2-5-22(17-21)18-26/h2-9,16-17H,10-15H2,1H3. The minimum atomic E-state index is 0.677. The molecule has 0 spiro atoms. The van der Waals surface area contributed by atoms with Gasteiger partial charge in [0.05, 0.1) is 17.1 Å². The second kappa shape index (κ2) is 8.89. The molecule has 4 heteroatoms. The summed E-state index contributed by atoms with van der Waals surface area (Å²) in [5, 5.41) is 10.1. The Morgan fingerprint density at radius 2 is 1.93 bits per heavy atom. The van der Waals surface area contributed by atoms with Crippen molar-refractivity contribution in [1.82, 2.24) is 9.88 Å². The molecule has 3 aromatic rings. The fourth-order valence-corrected chi connectivity index (χ4v) is 3.78. The molecule has 1 saturated heterocycles. The molecule has 1 aliphatic heterocycles. The highest BCUT2D eigenvalue weighted by Crippen LogP contribution is 2.25. The van der Waals surface area contributed by atoms with Crippen LogP contribution in [0.3, 0.4) is 0 Å². The van der Waals surface area contributed by atoms with Crippen molar-refractivity contribution in [2.45, 2.75) is 19.8 Å². The Balaban J connectivity index is 1.29. The second-order valence-corrected chi connectivity index (χ2v) is 7.51. The topological polar surface area (TPSA) is 49.1 Å². The number of pyridine rings is 1. The molecule has 4 rings (SSSR count). The summed E-state index contributed by atoms with van der Waals surface area (Å²) >= 11 is 0. The summed E-state index contributed by atoms with van der Waals surface area (Å²) < 4.78 is 6.08. The molecule has 29 heavy (non-hydrogen) atoms. The van der Waals surface area contributed by atoms with Gasteiger partial charge in [0.15, 0.2) is 0 Å². The molecular formula is C25H25N3O. The lowest BCUT2D eigenvalue weighted by Gasteiger charge is -2.28. The maximum Gasteiger partial charge on any atom is 0.128 e.